The molecule has 1 aromatic carbocycles. The maximum absolute atomic E-state index is 13.3. The smallest absolute Gasteiger partial charge is 0.170 e. The van der Waals surface area contributed by atoms with Gasteiger partial charge in [-0.15, -0.1) is 0 Å². The number of oxime groups is 1. The number of hydrogen-bond donors (Lipinski definition) is 3. The second-order valence-corrected chi connectivity index (χ2v) is 5.36. The van der Waals surface area contributed by atoms with Gasteiger partial charge in [-0.3, -0.25) is 0 Å². The average Bonchev–Trinajstić information content (AvgIpc) is 2.73. The Hall–Kier alpha value is -1.62. The quantitative estimate of drug-likeness (QED) is 0.261. The van der Waals surface area contributed by atoms with Crippen molar-refractivity contribution < 1.29 is 9.60 Å². The van der Waals surface area contributed by atoms with Crippen molar-refractivity contribution in [3.05, 3.63) is 35.1 Å². The van der Waals surface area contributed by atoms with Crippen molar-refractivity contribution in [2.75, 3.05) is 0 Å². The maximum atomic E-state index is 13.3. The molecule has 1 fully saturated rings. The SMILES string of the molecule is NC(=NO)c1cc(F)ccc1CNC1CCCCCC1. The summed E-state index contributed by atoms with van der Waals surface area (Å²) in [5.41, 5.74) is 6.91. The van der Waals surface area contributed by atoms with E-state index < -0.39 is 0 Å². The van der Waals surface area contributed by atoms with E-state index in [4.69, 9.17) is 10.9 Å². The number of nitrogens with zero attached hydrogens (tertiary/aromatic N) is 1. The van der Waals surface area contributed by atoms with Crippen molar-refractivity contribution >= 4 is 5.84 Å². The van der Waals surface area contributed by atoms with Gasteiger partial charge in [0.05, 0.1) is 0 Å². The summed E-state index contributed by atoms with van der Waals surface area (Å²) >= 11 is 0. The predicted molar refractivity (Wildman–Crippen MR) is 77.2 cm³/mol. The van der Waals surface area contributed by atoms with Crippen LogP contribution in [0, 0.1) is 5.82 Å². The van der Waals surface area contributed by atoms with Crippen molar-refractivity contribution in [2.45, 2.75) is 51.1 Å². The fraction of sp³-hybridized carbons (Fsp3) is 0.533. The fourth-order valence-electron chi connectivity index (χ4n) is 2.73. The van der Waals surface area contributed by atoms with Crippen molar-refractivity contribution in [1.29, 1.82) is 0 Å². The minimum absolute atomic E-state index is 0.0535. The summed E-state index contributed by atoms with van der Waals surface area (Å²) in [7, 11) is 0. The molecule has 110 valence electrons. The number of nitrogens with two attached hydrogens (primary N) is 1. The molecule has 5 heteroatoms. The van der Waals surface area contributed by atoms with Crippen LogP contribution in [0.4, 0.5) is 4.39 Å². The molecular formula is C15H22FN3O. The number of benzene rings is 1. The molecule has 0 atom stereocenters. The van der Waals surface area contributed by atoms with Crippen LogP contribution in [0.3, 0.4) is 0 Å². The molecule has 20 heavy (non-hydrogen) atoms. The van der Waals surface area contributed by atoms with Gasteiger partial charge in [-0.2, -0.15) is 0 Å². The zero-order valence-electron chi connectivity index (χ0n) is 11.6. The van der Waals surface area contributed by atoms with Gasteiger partial charge in [0.1, 0.15) is 5.82 Å². The van der Waals surface area contributed by atoms with Gasteiger partial charge in [-0.1, -0.05) is 36.9 Å². The largest absolute Gasteiger partial charge is 0.409 e. The first-order valence-electron chi connectivity index (χ1n) is 7.20. The molecule has 1 saturated carbocycles. The highest BCUT2D eigenvalue weighted by atomic mass is 19.1. The van der Waals surface area contributed by atoms with Crippen LogP contribution in [0.15, 0.2) is 23.4 Å². The lowest BCUT2D eigenvalue weighted by molar-refractivity contribution is 0.318. The van der Waals surface area contributed by atoms with Crippen molar-refractivity contribution in [3.63, 3.8) is 0 Å². The highest BCUT2D eigenvalue weighted by Gasteiger charge is 2.13. The van der Waals surface area contributed by atoms with Crippen LogP contribution in [0.5, 0.6) is 0 Å². The molecule has 1 aromatic rings. The van der Waals surface area contributed by atoms with Gasteiger partial charge in [-0.05, 0) is 30.5 Å². The van der Waals surface area contributed by atoms with E-state index in [1.54, 1.807) is 6.07 Å². The second kappa shape index (κ2) is 7.24. The third-order valence-corrected chi connectivity index (χ3v) is 3.89. The van der Waals surface area contributed by atoms with Crippen molar-refractivity contribution in [3.8, 4) is 0 Å². The Balaban J connectivity index is 2.04. The van der Waals surface area contributed by atoms with Crippen molar-refractivity contribution in [1.82, 2.24) is 5.32 Å². The highest BCUT2D eigenvalue weighted by Crippen LogP contribution is 2.18. The van der Waals surface area contributed by atoms with Crippen LogP contribution >= 0.6 is 0 Å². The molecule has 0 unspecified atom stereocenters. The number of amidine groups is 1. The Morgan fingerprint density at radius 1 is 1.30 bits per heavy atom. The van der Waals surface area contributed by atoms with E-state index in [0.29, 0.717) is 18.2 Å². The van der Waals surface area contributed by atoms with Gasteiger partial charge >= 0.3 is 0 Å². The van der Waals surface area contributed by atoms with Gasteiger partial charge in [0.2, 0.25) is 0 Å². The molecule has 0 spiro atoms. The first kappa shape index (κ1) is 14.8. The zero-order valence-corrected chi connectivity index (χ0v) is 11.6. The molecule has 0 heterocycles. The molecule has 2 rings (SSSR count). The van der Waals surface area contributed by atoms with Crippen LogP contribution in [0.1, 0.15) is 49.7 Å². The Morgan fingerprint density at radius 2 is 2.00 bits per heavy atom. The van der Waals surface area contributed by atoms with E-state index in [1.807, 2.05) is 0 Å². The monoisotopic (exact) mass is 279 g/mol. The summed E-state index contributed by atoms with van der Waals surface area (Å²) in [5.74, 6) is -0.438. The molecule has 0 amide bonds. The Bertz CT molecular complexity index is 468. The number of rotatable bonds is 4. The van der Waals surface area contributed by atoms with Gasteiger partial charge in [0.25, 0.3) is 0 Å². The fourth-order valence-corrected chi connectivity index (χ4v) is 2.73. The Morgan fingerprint density at radius 3 is 2.65 bits per heavy atom. The lowest BCUT2D eigenvalue weighted by Crippen LogP contribution is -2.29. The van der Waals surface area contributed by atoms with Gasteiger partial charge < -0.3 is 16.3 Å². The molecule has 4 N–H and O–H groups in total. The molecule has 0 aliphatic heterocycles. The van der Waals surface area contributed by atoms with E-state index in [1.165, 1.54) is 50.7 Å². The molecule has 0 saturated heterocycles. The van der Waals surface area contributed by atoms with Gasteiger partial charge in [0, 0.05) is 18.2 Å². The summed E-state index contributed by atoms with van der Waals surface area (Å²) in [4.78, 5) is 0. The van der Waals surface area contributed by atoms with E-state index in [9.17, 15) is 4.39 Å². The van der Waals surface area contributed by atoms with E-state index in [2.05, 4.69) is 10.5 Å². The van der Waals surface area contributed by atoms with Crippen LogP contribution in [0.2, 0.25) is 0 Å². The highest BCUT2D eigenvalue weighted by molar-refractivity contribution is 5.98. The first-order valence-corrected chi connectivity index (χ1v) is 7.20. The van der Waals surface area contributed by atoms with Gasteiger partial charge in [0.15, 0.2) is 5.84 Å². The van der Waals surface area contributed by atoms with Crippen LogP contribution in [-0.2, 0) is 6.54 Å². The second-order valence-electron chi connectivity index (χ2n) is 5.36. The van der Waals surface area contributed by atoms with E-state index in [0.717, 1.165) is 5.56 Å². The summed E-state index contributed by atoms with van der Waals surface area (Å²) in [5, 5.41) is 15.3. The maximum Gasteiger partial charge on any atom is 0.170 e. The number of hydrogen-bond acceptors (Lipinski definition) is 3. The lowest BCUT2D eigenvalue weighted by Gasteiger charge is -2.17. The van der Waals surface area contributed by atoms with Crippen molar-refractivity contribution in [2.24, 2.45) is 10.9 Å². The Kier molecular flexibility index (Phi) is 5.35. The molecule has 0 radical (unpaired) electrons. The first-order chi connectivity index (χ1) is 9.70. The molecule has 4 nitrogen and oxygen atoms in total. The van der Waals surface area contributed by atoms with E-state index >= 15 is 0 Å². The normalized spacial score (nSPS) is 17.9. The summed E-state index contributed by atoms with van der Waals surface area (Å²) in [6, 6.07) is 4.90. The number of halogens is 1. The van der Waals surface area contributed by atoms with Crippen LogP contribution < -0.4 is 11.1 Å². The third-order valence-electron chi connectivity index (χ3n) is 3.89. The lowest BCUT2D eigenvalue weighted by atomic mass is 10.0. The average molecular weight is 279 g/mol. The predicted octanol–water partition coefficient (Wildman–Crippen LogP) is 2.73. The molecule has 1 aliphatic rings. The third kappa shape index (κ3) is 3.93. The standard InChI is InChI=1S/C15H22FN3O/c16-12-8-7-11(14(9-12)15(17)19-20)10-18-13-5-3-1-2-4-6-13/h7-9,13,18,20H,1-6,10H2,(H2,17,19). The minimum Gasteiger partial charge on any atom is -0.409 e. The molecule has 1 aliphatic carbocycles. The topological polar surface area (TPSA) is 70.6 Å². The minimum atomic E-state index is -0.384. The number of nitrogens with one attached hydrogen (secondary N) is 1. The molecular weight excluding hydrogens is 257 g/mol. The summed E-state index contributed by atoms with van der Waals surface area (Å²) in [6.45, 7) is 0.608. The van der Waals surface area contributed by atoms with Crippen LogP contribution in [-0.4, -0.2) is 17.1 Å². The van der Waals surface area contributed by atoms with Gasteiger partial charge in [-0.25, -0.2) is 4.39 Å². The summed E-state index contributed by atoms with van der Waals surface area (Å²) in [6.07, 6.45) is 7.50. The van der Waals surface area contributed by atoms with E-state index in [-0.39, 0.29) is 11.7 Å². The Labute approximate surface area is 118 Å². The molecule has 0 aromatic heterocycles. The van der Waals surface area contributed by atoms with Crippen LogP contribution in [0.25, 0.3) is 0 Å². The zero-order chi connectivity index (χ0) is 14.4. The molecule has 0 bridgehead atoms. The summed E-state index contributed by atoms with van der Waals surface area (Å²) < 4.78 is 13.3.